The molecule has 1 aromatic carbocycles. The maximum Gasteiger partial charge on any atom is 0.220 e. The van der Waals surface area contributed by atoms with Crippen molar-refractivity contribution in [1.29, 1.82) is 0 Å². The first-order chi connectivity index (χ1) is 12.9. The van der Waals surface area contributed by atoms with Gasteiger partial charge in [0, 0.05) is 31.1 Å². The Morgan fingerprint density at radius 1 is 1.00 bits per heavy atom. The minimum atomic E-state index is -1.21. The zero-order valence-electron chi connectivity index (χ0n) is 15.4. The molecule has 1 saturated heterocycles. The molecule has 1 saturated carbocycles. The number of nitrogens with two attached hydrogens (primary N) is 1. The molecule has 0 atom stereocenters. The van der Waals surface area contributed by atoms with Gasteiger partial charge in [-0.15, -0.1) is 0 Å². The minimum absolute atomic E-state index is 0.0471. The van der Waals surface area contributed by atoms with E-state index < -0.39 is 17.5 Å². The molecule has 0 bridgehead atoms. The number of likely N-dealkylation sites (tertiary alicyclic amines) is 1. The molecule has 2 fully saturated rings. The maximum atomic E-state index is 13.7. The van der Waals surface area contributed by atoms with Crippen molar-refractivity contribution < 1.29 is 22.7 Å². The molecule has 1 amide bonds. The molecule has 7 heteroatoms. The van der Waals surface area contributed by atoms with E-state index in [1.807, 2.05) is 0 Å². The molecule has 0 spiro atoms. The van der Waals surface area contributed by atoms with Crippen molar-refractivity contribution >= 4 is 5.91 Å². The van der Waals surface area contributed by atoms with Crippen molar-refractivity contribution in [3.63, 3.8) is 0 Å². The minimum Gasteiger partial charge on any atom is -0.487 e. The van der Waals surface area contributed by atoms with Crippen LogP contribution in [0.4, 0.5) is 13.2 Å². The Morgan fingerprint density at radius 2 is 1.63 bits per heavy atom. The Balaban J connectivity index is 1.38. The molecule has 27 heavy (non-hydrogen) atoms. The summed E-state index contributed by atoms with van der Waals surface area (Å²) in [5.74, 6) is -2.89. The fourth-order valence-electron chi connectivity index (χ4n) is 4.13. The molecule has 1 aliphatic carbocycles. The second-order valence-corrected chi connectivity index (χ2v) is 7.76. The van der Waals surface area contributed by atoms with Gasteiger partial charge in [0.05, 0.1) is 0 Å². The monoisotopic (exact) mass is 384 g/mol. The van der Waals surface area contributed by atoms with Crippen LogP contribution in [-0.2, 0) is 4.79 Å². The smallest absolute Gasteiger partial charge is 0.220 e. The number of piperidine rings is 1. The molecule has 4 nitrogen and oxygen atoms in total. The highest BCUT2D eigenvalue weighted by Crippen LogP contribution is 2.31. The normalized spacial score (nSPS) is 24.7. The summed E-state index contributed by atoms with van der Waals surface area (Å²) in [5, 5.41) is 0. The molecular formula is C20H27F3N2O2. The SMILES string of the molecule is NC(=O)C1CCC(CCN2CCC(Oc3cc(F)c(F)cc3F)CC2)CC1. The Kier molecular flexibility index (Phi) is 6.63. The van der Waals surface area contributed by atoms with E-state index in [1.54, 1.807) is 0 Å². The van der Waals surface area contributed by atoms with Crippen LogP contribution in [0.5, 0.6) is 5.75 Å². The van der Waals surface area contributed by atoms with Crippen LogP contribution in [0.2, 0.25) is 0 Å². The van der Waals surface area contributed by atoms with Gasteiger partial charge in [-0.2, -0.15) is 0 Å². The largest absolute Gasteiger partial charge is 0.487 e. The van der Waals surface area contributed by atoms with Crippen LogP contribution in [0, 0.1) is 29.3 Å². The fraction of sp³-hybridized carbons (Fsp3) is 0.650. The van der Waals surface area contributed by atoms with Crippen molar-refractivity contribution in [3.05, 3.63) is 29.6 Å². The number of nitrogens with zero attached hydrogens (tertiary/aromatic N) is 1. The van der Waals surface area contributed by atoms with E-state index in [2.05, 4.69) is 4.90 Å². The van der Waals surface area contributed by atoms with Crippen molar-refractivity contribution in [3.8, 4) is 5.75 Å². The van der Waals surface area contributed by atoms with Gasteiger partial charge in [-0.3, -0.25) is 4.79 Å². The van der Waals surface area contributed by atoms with Gasteiger partial charge in [0.1, 0.15) is 6.10 Å². The number of amides is 1. The molecule has 0 aromatic heterocycles. The third-order valence-electron chi connectivity index (χ3n) is 5.91. The molecule has 1 aromatic rings. The Labute approximate surface area is 157 Å². The topological polar surface area (TPSA) is 55.6 Å². The fourth-order valence-corrected chi connectivity index (χ4v) is 4.13. The first kappa shape index (κ1) is 20.0. The lowest BCUT2D eigenvalue weighted by Crippen LogP contribution is -2.39. The molecule has 2 aliphatic rings. The average molecular weight is 384 g/mol. The molecule has 1 heterocycles. The van der Waals surface area contributed by atoms with E-state index >= 15 is 0 Å². The predicted molar refractivity (Wildman–Crippen MR) is 95.7 cm³/mol. The van der Waals surface area contributed by atoms with Crippen LogP contribution < -0.4 is 10.5 Å². The number of primary amides is 1. The summed E-state index contributed by atoms with van der Waals surface area (Å²) in [5.41, 5.74) is 5.37. The van der Waals surface area contributed by atoms with Gasteiger partial charge in [0.2, 0.25) is 5.91 Å². The second kappa shape index (κ2) is 8.95. The lowest BCUT2D eigenvalue weighted by Gasteiger charge is -2.34. The zero-order chi connectivity index (χ0) is 19.4. The number of ether oxygens (including phenoxy) is 1. The van der Waals surface area contributed by atoms with E-state index in [1.165, 1.54) is 0 Å². The summed E-state index contributed by atoms with van der Waals surface area (Å²) in [6.07, 6.45) is 6.29. The molecular weight excluding hydrogens is 357 g/mol. The van der Waals surface area contributed by atoms with Crippen LogP contribution in [0.25, 0.3) is 0 Å². The summed E-state index contributed by atoms with van der Waals surface area (Å²) in [6, 6.07) is 1.30. The number of carbonyl (C=O) groups is 1. The second-order valence-electron chi connectivity index (χ2n) is 7.76. The number of hydrogen-bond acceptors (Lipinski definition) is 3. The molecule has 1 aliphatic heterocycles. The van der Waals surface area contributed by atoms with Crippen molar-refractivity contribution in [2.45, 2.75) is 51.0 Å². The van der Waals surface area contributed by atoms with E-state index in [0.29, 0.717) is 12.0 Å². The Hall–Kier alpha value is -1.76. The molecule has 3 rings (SSSR count). The maximum absolute atomic E-state index is 13.7. The van der Waals surface area contributed by atoms with Gasteiger partial charge in [-0.1, -0.05) is 0 Å². The van der Waals surface area contributed by atoms with Crippen LogP contribution in [-0.4, -0.2) is 36.5 Å². The number of hydrogen-bond donors (Lipinski definition) is 1. The van der Waals surface area contributed by atoms with Gasteiger partial charge in [-0.05, 0) is 57.4 Å². The van der Waals surface area contributed by atoms with Gasteiger partial charge >= 0.3 is 0 Å². The van der Waals surface area contributed by atoms with E-state index in [0.717, 1.165) is 70.6 Å². The predicted octanol–water partition coefficient (Wildman–Crippen LogP) is 3.63. The molecule has 150 valence electrons. The van der Waals surface area contributed by atoms with Crippen molar-refractivity contribution in [2.75, 3.05) is 19.6 Å². The standard InChI is InChI=1S/C20H27F3N2O2/c21-16-11-18(23)19(12-17(16)22)27-15-6-9-25(10-7-15)8-5-13-1-3-14(4-2-13)20(24)26/h11-15H,1-10H2,(H2,24,26). The third kappa shape index (κ3) is 5.37. The van der Waals surface area contributed by atoms with Crippen LogP contribution in [0.3, 0.4) is 0 Å². The highest BCUT2D eigenvalue weighted by atomic mass is 19.2. The lowest BCUT2D eigenvalue weighted by atomic mass is 9.80. The van der Waals surface area contributed by atoms with E-state index in [4.69, 9.17) is 10.5 Å². The number of halogens is 3. The molecule has 0 unspecified atom stereocenters. The van der Waals surface area contributed by atoms with Crippen molar-refractivity contribution in [2.24, 2.45) is 17.6 Å². The number of benzene rings is 1. The van der Waals surface area contributed by atoms with Gasteiger partial charge in [-0.25, -0.2) is 13.2 Å². The average Bonchev–Trinajstić information content (AvgIpc) is 2.66. The third-order valence-corrected chi connectivity index (χ3v) is 5.91. The van der Waals surface area contributed by atoms with Crippen molar-refractivity contribution in [1.82, 2.24) is 4.90 Å². The van der Waals surface area contributed by atoms with Gasteiger partial charge in [0.15, 0.2) is 23.2 Å². The zero-order valence-corrected chi connectivity index (χ0v) is 15.4. The summed E-state index contributed by atoms with van der Waals surface area (Å²) < 4.78 is 45.5. The van der Waals surface area contributed by atoms with Gasteiger partial charge < -0.3 is 15.4 Å². The first-order valence-corrected chi connectivity index (χ1v) is 9.75. The molecule has 0 radical (unpaired) electrons. The number of rotatable bonds is 6. The highest BCUT2D eigenvalue weighted by Gasteiger charge is 2.26. The number of carbonyl (C=O) groups excluding carboxylic acids is 1. The quantitative estimate of drug-likeness (QED) is 0.762. The highest BCUT2D eigenvalue weighted by molar-refractivity contribution is 5.76. The Bertz CT molecular complexity index is 655. The summed E-state index contributed by atoms with van der Waals surface area (Å²) in [6.45, 7) is 2.68. The van der Waals surface area contributed by atoms with E-state index in [9.17, 15) is 18.0 Å². The summed E-state index contributed by atoms with van der Waals surface area (Å²) in [4.78, 5) is 13.6. The van der Waals surface area contributed by atoms with Gasteiger partial charge in [0.25, 0.3) is 0 Å². The summed E-state index contributed by atoms with van der Waals surface area (Å²) in [7, 11) is 0. The van der Waals surface area contributed by atoms with Crippen LogP contribution >= 0.6 is 0 Å². The lowest BCUT2D eigenvalue weighted by molar-refractivity contribution is -0.123. The Morgan fingerprint density at radius 3 is 2.26 bits per heavy atom. The first-order valence-electron chi connectivity index (χ1n) is 9.75. The van der Waals surface area contributed by atoms with Crippen LogP contribution in [0.15, 0.2) is 12.1 Å². The molecule has 2 N–H and O–H groups in total. The van der Waals surface area contributed by atoms with E-state index in [-0.39, 0.29) is 23.7 Å². The summed E-state index contributed by atoms with van der Waals surface area (Å²) >= 11 is 0. The van der Waals surface area contributed by atoms with Crippen LogP contribution in [0.1, 0.15) is 44.9 Å².